The molecule has 1 aliphatic rings. The van der Waals surface area contributed by atoms with Crippen LogP contribution in [0.25, 0.3) is 0 Å². The monoisotopic (exact) mass is 265 g/mol. The van der Waals surface area contributed by atoms with E-state index in [1.54, 1.807) is 0 Å². The predicted octanol–water partition coefficient (Wildman–Crippen LogP) is 3.56. The van der Waals surface area contributed by atoms with Crippen LogP contribution >= 0.6 is 11.6 Å². The fourth-order valence-electron chi connectivity index (χ4n) is 2.57. The van der Waals surface area contributed by atoms with Gasteiger partial charge in [0, 0.05) is 12.1 Å². The standard InChI is InChI=1S/C15H20ClNO/c1-11-5-6-14(16)13(8-11)15(18)10-17-7-3-4-12(2)9-17/h5-6,8,12H,3-4,7,9-10H2,1-2H3. The smallest absolute Gasteiger partial charge is 0.178 e. The minimum absolute atomic E-state index is 0.137. The number of ketones is 1. The Kier molecular flexibility index (Phi) is 4.41. The summed E-state index contributed by atoms with van der Waals surface area (Å²) in [6.07, 6.45) is 2.46. The molecule has 98 valence electrons. The van der Waals surface area contributed by atoms with E-state index in [2.05, 4.69) is 11.8 Å². The van der Waals surface area contributed by atoms with Crippen LogP contribution in [-0.2, 0) is 0 Å². The first-order valence-electron chi connectivity index (χ1n) is 6.58. The van der Waals surface area contributed by atoms with Crippen molar-refractivity contribution in [3.63, 3.8) is 0 Å². The number of carbonyl (C=O) groups excluding carboxylic acids is 1. The first-order valence-corrected chi connectivity index (χ1v) is 6.96. The number of rotatable bonds is 3. The van der Waals surface area contributed by atoms with Gasteiger partial charge in [0.2, 0.25) is 0 Å². The Labute approximate surface area is 114 Å². The second-order valence-corrected chi connectivity index (χ2v) is 5.80. The van der Waals surface area contributed by atoms with Gasteiger partial charge >= 0.3 is 0 Å². The van der Waals surface area contributed by atoms with Crippen molar-refractivity contribution >= 4 is 17.4 Å². The molecule has 1 aromatic rings. The zero-order valence-corrected chi connectivity index (χ0v) is 11.8. The van der Waals surface area contributed by atoms with Crippen LogP contribution in [0.3, 0.4) is 0 Å². The zero-order chi connectivity index (χ0) is 13.1. The normalized spacial score (nSPS) is 20.9. The number of carbonyl (C=O) groups is 1. The van der Waals surface area contributed by atoms with Crippen LogP contribution in [0.4, 0.5) is 0 Å². The number of Topliss-reactive ketones (excluding diaryl/α,β-unsaturated/α-hetero) is 1. The van der Waals surface area contributed by atoms with E-state index in [1.165, 1.54) is 12.8 Å². The van der Waals surface area contributed by atoms with Crippen molar-refractivity contribution < 1.29 is 4.79 Å². The fourth-order valence-corrected chi connectivity index (χ4v) is 2.79. The van der Waals surface area contributed by atoms with Crippen LogP contribution in [0, 0.1) is 12.8 Å². The summed E-state index contributed by atoms with van der Waals surface area (Å²) in [5, 5.41) is 0.565. The largest absolute Gasteiger partial charge is 0.296 e. The van der Waals surface area contributed by atoms with Gasteiger partial charge in [0.25, 0.3) is 0 Å². The van der Waals surface area contributed by atoms with Gasteiger partial charge in [0.05, 0.1) is 11.6 Å². The van der Waals surface area contributed by atoms with E-state index in [4.69, 9.17) is 11.6 Å². The van der Waals surface area contributed by atoms with Crippen LogP contribution < -0.4 is 0 Å². The Morgan fingerprint density at radius 3 is 3.00 bits per heavy atom. The van der Waals surface area contributed by atoms with Gasteiger partial charge in [0.1, 0.15) is 0 Å². The van der Waals surface area contributed by atoms with E-state index in [0.29, 0.717) is 23.0 Å². The first kappa shape index (κ1) is 13.6. The number of hydrogen-bond acceptors (Lipinski definition) is 2. The van der Waals surface area contributed by atoms with Gasteiger partial charge in [-0.15, -0.1) is 0 Å². The predicted molar refractivity (Wildman–Crippen MR) is 75.4 cm³/mol. The highest BCUT2D eigenvalue weighted by atomic mass is 35.5. The molecular weight excluding hydrogens is 246 g/mol. The first-order chi connectivity index (χ1) is 8.56. The van der Waals surface area contributed by atoms with Gasteiger partial charge < -0.3 is 0 Å². The summed E-state index contributed by atoms with van der Waals surface area (Å²) in [6.45, 7) is 6.77. The number of likely N-dealkylation sites (tertiary alicyclic amines) is 1. The molecule has 0 saturated carbocycles. The highest BCUT2D eigenvalue weighted by molar-refractivity contribution is 6.34. The third-order valence-electron chi connectivity index (χ3n) is 3.53. The van der Waals surface area contributed by atoms with E-state index in [0.717, 1.165) is 18.7 Å². The highest BCUT2D eigenvalue weighted by Gasteiger charge is 2.20. The lowest BCUT2D eigenvalue weighted by Gasteiger charge is -2.30. The fraction of sp³-hybridized carbons (Fsp3) is 0.533. The molecule has 0 amide bonds. The van der Waals surface area contributed by atoms with Crippen molar-refractivity contribution in [2.45, 2.75) is 26.7 Å². The Balaban J connectivity index is 2.05. The molecule has 1 unspecified atom stereocenters. The molecule has 0 aliphatic carbocycles. The van der Waals surface area contributed by atoms with E-state index in [9.17, 15) is 4.79 Å². The van der Waals surface area contributed by atoms with Crippen molar-refractivity contribution in [1.29, 1.82) is 0 Å². The highest BCUT2D eigenvalue weighted by Crippen LogP contribution is 2.20. The quantitative estimate of drug-likeness (QED) is 0.779. The van der Waals surface area contributed by atoms with E-state index in [1.807, 2.05) is 25.1 Å². The number of nitrogens with zero attached hydrogens (tertiary/aromatic N) is 1. The van der Waals surface area contributed by atoms with Crippen molar-refractivity contribution in [3.05, 3.63) is 34.3 Å². The lowest BCUT2D eigenvalue weighted by Crippen LogP contribution is -2.38. The Morgan fingerprint density at radius 1 is 1.50 bits per heavy atom. The summed E-state index contributed by atoms with van der Waals surface area (Å²) in [7, 11) is 0. The van der Waals surface area contributed by atoms with Crippen molar-refractivity contribution in [2.24, 2.45) is 5.92 Å². The molecule has 0 spiro atoms. The average Bonchev–Trinajstić information content (AvgIpc) is 2.32. The van der Waals surface area contributed by atoms with Crippen molar-refractivity contribution in [1.82, 2.24) is 4.90 Å². The topological polar surface area (TPSA) is 20.3 Å². The van der Waals surface area contributed by atoms with Gasteiger partial charge in [-0.3, -0.25) is 9.69 Å². The summed E-state index contributed by atoms with van der Waals surface area (Å²) < 4.78 is 0. The molecule has 18 heavy (non-hydrogen) atoms. The van der Waals surface area contributed by atoms with E-state index >= 15 is 0 Å². The second-order valence-electron chi connectivity index (χ2n) is 5.39. The molecule has 0 N–H and O–H groups in total. The third-order valence-corrected chi connectivity index (χ3v) is 3.86. The molecule has 1 saturated heterocycles. The number of aryl methyl sites for hydroxylation is 1. The number of hydrogen-bond donors (Lipinski definition) is 0. The third kappa shape index (κ3) is 3.33. The summed E-state index contributed by atoms with van der Waals surface area (Å²) in [4.78, 5) is 14.5. The second kappa shape index (κ2) is 5.85. The molecule has 1 aliphatic heterocycles. The molecule has 1 atom stereocenters. The average molecular weight is 266 g/mol. The summed E-state index contributed by atoms with van der Waals surface area (Å²) >= 11 is 6.10. The maximum Gasteiger partial charge on any atom is 0.178 e. The Morgan fingerprint density at radius 2 is 2.28 bits per heavy atom. The van der Waals surface area contributed by atoms with E-state index < -0.39 is 0 Å². The molecule has 1 fully saturated rings. The lowest BCUT2D eigenvalue weighted by molar-refractivity contribution is 0.0893. The van der Waals surface area contributed by atoms with Crippen LogP contribution in [0.5, 0.6) is 0 Å². The van der Waals surface area contributed by atoms with Gasteiger partial charge in [-0.25, -0.2) is 0 Å². The molecular formula is C15H20ClNO. The van der Waals surface area contributed by atoms with Gasteiger partial charge in [-0.05, 0) is 44.4 Å². The minimum Gasteiger partial charge on any atom is -0.296 e. The minimum atomic E-state index is 0.137. The van der Waals surface area contributed by atoms with Crippen molar-refractivity contribution in [2.75, 3.05) is 19.6 Å². The summed E-state index contributed by atoms with van der Waals surface area (Å²) in [6, 6.07) is 5.63. The zero-order valence-electron chi connectivity index (χ0n) is 11.1. The van der Waals surface area contributed by atoms with Crippen LogP contribution in [0.1, 0.15) is 35.7 Å². The number of piperidine rings is 1. The van der Waals surface area contributed by atoms with Crippen LogP contribution in [0.2, 0.25) is 5.02 Å². The number of benzene rings is 1. The van der Waals surface area contributed by atoms with E-state index in [-0.39, 0.29) is 5.78 Å². The summed E-state index contributed by atoms with van der Waals surface area (Å²) in [5.74, 6) is 0.831. The van der Waals surface area contributed by atoms with Crippen LogP contribution in [0.15, 0.2) is 18.2 Å². The van der Waals surface area contributed by atoms with Crippen molar-refractivity contribution in [3.8, 4) is 0 Å². The Bertz CT molecular complexity index is 444. The van der Waals surface area contributed by atoms with Gasteiger partial charge in [-0.2, -0.15) is 0 Å². The molecule has 1 heterocycles. The molecule has 1 aromatic carbocycles. The molecule has 0 radical (unpaired) electrons. The molecule has 3 heteroatoms. The molecule has 0 aromatic heterocycles. The maximum absolute atomic E-state index is 12.3. The Hall–Kier alpha value is -0.860. The lowest BCUT2D eigenvalue weighted by atomic mass is 9.99. The maximum atomic E-state index is 12.3. The SMILES string of the molecule is Cc1ccc(Cl)c(C(=O)CN2CCCC(C)C2)c1. The molecule has 2 nitrogen and oxygen atoms in total. The molecule has 2 rings (SSSR count). The number of halogens is 1. The van der Waals surface area contributed by atoms with Gasteiger partial charge in [0.15, 0.2) is 5.78 Å². The summed E-state index contributed by atoms with van der Waals surface area (Å²) in [5.41, 5.74) is 1.74. The van der Waals surface area contributed by atoms with Crippen LogP contribution in [-0.4, -0.2) is 30.3 Å². The molecule has 0 bridgehead atoms. The van der Waals surface area contributed by atoms with Gasteiger partial charge in [-0.1, -0.05) is 30.2 Å².